The van der Waals surface area contributed by atoms with Crippen LogP contribution in [0, 0.1) is 5.41 Å². The molecule has 3 saturated heterocycles. The molecule has 2 aromatic rings. The Hall–Kier alpha value is -2.04. The summed E-state index contributed by atoms with van der Waals surface area (Å²) in [5.41, 5.74) is 6.61. The number of thioether (sulfide) groups is 1. The SMILES string of the molecule is CO[C@@H]1[C@@H](n2cc(-c3csc(N)n3)nn2)[C@@H](O)[C@@H](CO)O[C@@H]1SC1=CC=CN(C2OCC23CNC3)C1. The Morgan fingerprint density at radius 2 is 2.25 bits per heavy atom. The van der Waals surface area contributed by atoms with Crippen LogP contribution in [0.4, 0.5) is 5.13 Å². The van der Waals surface area contributed by atoms with Gasteiger partial charge in [-0.15, -0.1) is 16.4 Å². The van der Waals surface area contributed by atoms with Gasteiger partial charge < -0.3 is 40.4 Å². The molecule has 6 rings (SSSR count). The number of aliphatic hydroxyl groups excluding tert-OH is 2. The molecule has 12 nitrogen and oxygen atoms in total. The van der Waals surface area contributed by atoms with E-state index in [9.17, 15) is 10.2 Å². The van der Waals surface area contributed by atoms with Crippen LogP contribution >= 0.6 is 23.1 Å². The second kappa shape index (κ2) is 9.68. The summed E-state index contributed by atoms with van der Waals surface area (Å²) in [7, 11) is 1.58. The maximum atomic E-state index is 11.1. The fourth-order valence-electron chi connectivity index (χ4n) is 5.15. The zero-order valence-electron chi connectivity index (χ0n) is 19.6. The van der Waals surface area contributed by atoms with Gasteiger partial charge in [0.2, 0.25) is 0 Å². The van der Waals surface area contributed by atoms with E-state index in [2.05, 4.69) is 37.8 Å². The predicted molar refractivity (Wildman–Crippen MR) is 134 cm³/mol. The van der Waals surface area contributed by atoms with Crippen LogP contribution in [-0.4, -0.2) is 105 Å². The molecule has 3 fully saturated rings. The molecule has 0 amide bonds. The van der Waals surface area contributed by atoms with Gasteiger partial charge in [0.15, 0.2) is 5.13 Å². The molecule has 1 spiro atoms. The van der Waals surface area contributed by atoms with Gasteiger partial charge >= 0.3 is 0 Å². The number of thiazole rings is 1. The third kappa shape index (κ3) is 4.15. The number of aromatic nitrogens is 4. The molecule has 0 bridgehead atoms. The van der Waals surface area contributed by atoms with E-state index >= 15 is 0 Å². The zero-order valence-corrected chi connectivity index (χ0v) is 21.3. The van der Waals surface area contributed by atoms with Gasteiger partial charge in [0.25, 0.3) is 0 Å². The Morgan fingerprint density at radius 1 is 1.39 bits per heavy atom. The van der Waals surface area contributed by atoms with Crippen molar-refractivity contribution in [3.05, 3.63) is 34.8 Å². The molecule has 194 valence electrons. The van der Waals surface area contributed by atoms with Crippen LogP contribution in [0.5, 0.6) is 0 Å². The summed E-state index contributed by atoms with van der Waals surface area (Å²) in [5.74, 6) is 0. The highest BCUT2D eigenvalue weighted by Crippen LogP contribution is 2.44. The van der Waals surface area contributed by atoms with Crippen LogP contribution in [0.25, 0.3) is 11.4 Å². The van der Waals surface area contributed by atoms with Crippen LogP contribution in [-0.2, 0) is 14.2 Å². The van der Waals surface area contributed by atoms with Crippen LogP contribution < -0.4 is 11.1 Å². The third-order valence-corrected chi connectivity index (χ3v) is 9.02. The molecule has 0 saturated carbocycles. The van der Waals surface area contributed by atoms with E-state index in [1.54, 1.807) is 23.4 Å². The first-order valence-corrected chi connectivity index (χ1v) is 13.5. The van der Waals surface area contributed by atoms with Crippen molar-refractivity contribution in [1.29, 1.82) is 0 Å². The maximum absolute atomic E-state index is 11.1. The van der Waals surface area contributed by atoms with E-state index in [4.69, 9.17) is 19.9 Å². The molecule has 2 aromatic heterocycles. The van der Waals surface area contributed by atoms with Gasteiger partial charge in [-0.2, -0.15) is 0 Å². The van der Waals surface area contributed by atoms with Crippen LogP contribution in [0.3, 0.4) is 0 Å². The molecule has 14 heteroatoms. The summed E-state index contributed by atoms with van der Waals surface area (Å²) < 4.78 is 19.5. The van der Waals surface area contributed by atoms with E-state index in [1.807, 2.05) is 6.08 Å². The van der Waals surface area contributed by atoms with Crippen molar-refractivity contribution in [2.24, 2.45) is 5.41 Å². The monoisotopic (exact) mass is 535 g/mol. The smallest absolute Gasteiger partial charge is 0.180 e. The Morgan fingerprint density at radius 3 is 2.89 bits per heavy atom. The minimum Gasteiger partial charge on any atom is -0.394 e. The predicted octanol–water partition coefficient (Wildman–Crippen LogP) is 0.0103. The largest absolute Gasteiger partial charge is 0.394 e. The molecule has 0 aliphatic carbocycles. The summed E-state index contributed by atoms with van der Waals surface area (Å²) in [4.78, 5) is 7.55. The fraction of sp³-hybridized carbons (Fsp3) is 0.591. The highest BCUT2D eigenvalue weighted by atomic mass is 32.2. The van der Waals surface area contributed by atoms with Crippen molar-refractivity contribution in [3.63, 3.8) is 0 Å². The number of methoxy groups -OCH3 is 1. The van der Waals surface area contributed by atoms with E-state index in [-0.39, 0.29) is 18.2 Å². The van der Waals surface area contributed by atoms with E-state index < -0.39 is 29.8 Å². The quantitative estimate of drug-likeness (QED) is 0.378. The lowest BCUT2D eigenvalue weighted by Gasteiger charge is -2.58. The van der Waals surface area contributed by atoms with E-state index in [0.717, 1.165) is 24.6 Å². The number of ether oxygens (including phenoxy) is 3. The molecular weight excluding hydrogens is 506 g/mol. The van der Waals surface area contributed by atoms with E-state index in [0.29, 0.717) is 23.1 Å². The first kappa shape index (κ1) is 24.3. The lowest BCUT2D eigenvalue weighted by molar-refractivity contribution is -0.259. The standard InChI is InChI=1S/C22H29N7O5S2/c1-32-18-16(29-6-13(26-27-29)14-8-35-21(23)25-14)17(31)15(7-30)34-19(18)36-12-3-2-4-28(5-12)20-22(11-33-20)9-24-10-22/h2-4,6,8,15-20,24,30-31H,5,7,9-11H2,1H3,(H2,23,25)/t15-,16+,17+,18-,19-,20?/m1/s1. The summed E-state index contributed by atoms with van der Waals surface area (Å²) in [6.07, 6.45) is 5.46. The van der Waals surface area contributed by atoms with Crippen molar-refractivity contribution in [2.75, 3.05) is 45.7 Å². The highest BCUT2D eigenvalue weighted by molar-refractivity contribution is 8.03. The summed E-state index contributed by atoms with van der Waals surface area (Å²) in [6, 6.07) is -0.634. The average molecular weight is 536 g/mol. The first-order chi connectivity index (χ1) is 17.5. The number of hydrogen-bond acceptors (Lipinski definition) is 13. The Kier molecular flexibility index (Phi) is 6.54. The number of nitrogens with two attached hydrogens (primary N) is 1. The van der Waals surface area contributed by atoms with Crippen LogP contribution in [0.2, 0.25) is 0 Å². The topological polar surface area (TPSA) is 153 Å². The van der Waals surface area contributed by atoms with Crippen LogP contribution in [0.15, 0.2) is 34.8 Å². The second-order valence-electron chi connectivity index (χ2n) is 9.46. The normalized spacial score (nSPS) is 33.3. The van der Waals surface area contributed by atoms with Crippen molar-refractivity contribution in [1.82, 2.24) is 30.2 Å². The van der Waals surface area contributed by atoms with Crippen molar-refractivity contribution in [3.8, 4) is 11.4 Å². The van der Waals surface area contributed by atoms with Crippen molar-refractivity contribution < 1.29 is 24.4 Å². The number of rotatable bonds is 7. The Balaban J connectivity index is 1.21. The van der Waals surface area contributed by atoms with Gasteiger partial charge in [0.05, 0.1) is 31.4 Å². The van der Waals surface area contributed by atoms with Gasteiger partial charge in [0.1, 0.15) is 47.4 Å². The molecule has 6 atom stereocenters. The van der Waals surface area contributed by atoms with E-state index in [1.165, 1.54) is 23.1 Å². The lowest BCUT2D eigenvalue weighted by atomic mass is 9.76. The number of anilines is 1. The van der Waals surface area contributed by atoms with Gasteiger partial charge in [-0.1, -0.05) is 17.0 Å². The molecule has 4 aliphatic rings. The molecule has 1 unspecified atom stereocenters. The number of hydrogen-bond donors (Lipinski definition) is 4. The van der Waals surface area contributed by atoms with Gasteiger partial charge in [-0.3, -0.25) is 0 Å². The highest BCUT2D eigenvalue weighted by Gasteiger charge is 2.55. The molecule has 4 aliphatic heterocycles. The summed E-state index contributed by atoms with van der Waals surface area (Å²) in [6.45, 7) is 3.06. The minimum atomic E-state index is -1.06. The van der Waals surface area contributed by atoms with Gasteiger partial charge in [0, 0.05) is 36.7 Å². The third-order valence-electron chi connectivity index (χ3n) is 7.17. The number of nitrogens with zero attached hydrogens (tertiary/aromatic N) is 5. The molecule has 6 heterocycles. The lowest BCUT2D eigenvalue weighted by Crippen LogP contribution is -2.73. The average Bonchev–Trinajstić information content (AvgIpc) is 3.47. The molecule has 36 heavy (non-hydrogen) atoms. The summed E-state index contributed by atoms with van der Waals surface area (Å²) in [5, 5.41) is 35.1. The fourth-order valence-corrected chi connectivity index (χ4v) is 6.99. The number of nitrogen functional groups attached to an aromatic ring is 1. The van der Waals surface area contributed by atoms with Crippen molar-refractivity contribution in [2.45, 2.75) is 36.0 Å². The Bertz CT molecular complexity index is 1150. The summed E-state index contributed by atoms with van der Waals surface area (Å²) >= 11 is 2.84. The molecule has 0 aromatic carbocycles. The maximum Gasteiger partial charge on any atom is 0.180 e. The second-order valence-corrected chi connectivity index (χ2v) is 11.6. The molecule has 0 radical (unpaired) electrons. The Labute approximate surface area is 216 Å². The van der Waals surface area contributed by atoms with Crippen molar-refractivity contribution >= 4 is 28.2 Å². The van der Waals surface area contributed by atoms with Crippen LogP contribution in [0.1, 0.15) is 6.04 Å². The number of allylic oxidation sites excluding steroid dienone is 2. The molecular formula is C22H29N7O5S2. The number of nitrogens with one attached hydrogen (secondary N) is 1. The van der Waals surface area contributed by atoms with Gasteiger partial charge in [-0.05, 0) is 12.2 Å². The first-order valence-electron chi connectivity index (χ1n) is 11.7. The zero-order chi connectivity index (χ0) is 24.9. The number of aliphatic hydroxyl groups is 2. The minimum absolute atomic E-state index is 0.0536. The molecule has 5 N–H and O–H groups in total. The van der Waals surface area contributed by atoms with Gasteiger partial charge in [-0.25, -0.2) is 9.67 Å².